The van der Waals surface area contributed by atoms with E-state index in [-0.39, 0.29) is 5.92 Å². The van der Waals surface area contributed by atoms with Crippen molar-refractivity contribution in [1.29, 1.82) is 0 Å². The molecule has 10 rings (SSSR count). The quantitative estimate of drug-likeness (QED) is 0.182. The summed E-state index contributed by atoms with van der Waals surface area (Å²) >= 11 is 0. The molecule has 0 amide bonds. The first kappa shape index (κ1) is 27.8. The van der Waals surface area contributed by atoms with E-state index in [0.717, 1.165) is 56.4 Å². The second kappa shape index (κ2) is 11.1. The Hall–Kier alpha value is -6.32. The van der Waals surface area contributed by atoms with Crippen LogP contribution in [-0.2, 0) is 0 Å². The topological polar surface area (TPSA) is 38.9 Å². The van der Waals surface area contributed by atoms with Gasteiger partial charge in [-0.2, -0.15) is 0 Å². The Morgan fingerprint density at radius 3 is 1.90 bits per heavy atom. The zero-order valence-corrected chi connectivity index (χ0v) is 26.7. The van der Waals surface area contributed by atoms with Crippen molar-refractivity contribution in [2.45, 2.75) is 12.3 Å². The van der Waals surface area contributed by atoms with Crippen molar-refractivity contribution in [2.24, 2.45) is 0 Å². The van der Waals surface area contributed by atoms with Crippen LogP contribution in [0, 0.1) is 0 Å². The Balaban J connectivity index is 1.17. The Bertz CT molecular complexity index is 2770. The van der Waals surface area contributed by atoms with Gasteiger partial charge in [0, 0.05) is 27.8 Å². The Morgan fingerprint density at radius 1 is 0.490 bits per heavy atom. The van der Waals surface area contributed by atoms with Crippen LogP contribution in [0.4, 0.5) is 0 Å². The molecule has 0 spiro atoms. The molecule has 1 aliphatic carbocycles. The number of benzene rings is 7. The monoisotopic (exact) mass is 626 g/mol. The van der Waals surface area contributed by atoms with E-state index in [1.807, 2.05) is 18.2 Å². The van der Waals surface area contributed by atoms with Gasteiger partial charge in [0.05, 0.1) is 11.4 Å². The maximum Gasteiger partial charge on any atom is 0.160 e. The normalized spacial score (nSPS) is 14.5. The van der Waals surface area contributed by atoms with Gasteiger partial charge < -0.3 is 4.42 Å². The van der Waals surface area contributed by atoms with Crippen molar-refractivity contribution < 1.29 is 4.42 Å². The summed E-state index contributed by atoms with van der Waals surface area (Å²) in [6.45, 7) is 0. The number of allylic oxidation sites excluding steroid dienone is 4. The Kier molecular flexibility index (Phi) is 6.31. The summed E-state index contributed by atoms with van der Waals surface area (Å²) in [4.78, 5) is 10.4. The third-order valence-electron chi connectivity index (χ3n) is 9.99. The second-order valence-corrected chi connectivity index (χ2v) is 12.9. The third-order valence-corrected chi connectivity index (χ3v) is 9.99. The molecule has 7 aromatic carbocycles. The summed E-state index contributed by atoms with van der Waals surface area (Å²) in [6.07, 6.45) is 9.57. The highest BCUT2D eigenvalue weighted by Crippen LogP contribution is 2.41. The number of aromatic nitrogens is 2. The van der Waals surface area contributed by atoms with E-state index in [0.29, 0.717) is 5.82 Å². The lowest BCUT2D eigenvalue weighted by Crippen LogP contribution is -2.04. The van der Waals surface area contributed by atoms with E-state index in [1.165, 1.54) is 37.9 Å². The number of furan rings is 1. The first-order chi connectivity index (χ1) is 24.3. The Morgan fingerprint density at radius 2 is 1.16 bits per heavy atom. The van der Waals surface area contributed by atoms with Crippen LogP contribution in [0.2, 0.25) is 0 Å². The molecule has 0 aliphatic heterocycles. The van der Waals surface area contributed by atoms with Crippen LogP contribution >= 0.6 is 0 Å². The molecule has 3 heteroatoms. The van der Waals surface area contributed by atoms with Crippen LogP contribution in [0.15, 0.2) is 168 Å². The van der Waals surface area contributed by atoms with Gasteiger partial charge in [-0.25, -0.2) is 9.97 Å². The van der Waals surface area contributed by atoms with Crippen LogP contribution in [0.5, 0.6) is 0 Å². The highest BCUT2D eigenvalue weighted by molar-refractivity contribution is 6.25. The minimum atomic E-state index is 0.196. The van der Waals surface area contributed by atoms with Gasteiger partial charge in [-0.1, -0.05) is 133 Å². The van der Waals surface area contributed by atoms with E-state index in [1.54, 1.807) is 0 Å². The largest absolute Gasteiger partial charge is 0.456 e. The standard InChI is InChI=1S/C46H30N2O/c1-3-12-29(13-4-1)41-28-42(30-14-5-2-6-15-30)48-46(47-41)38-20-11-21-44-45(38)40-27-32(23-25-43(40)49-44)31-22-24-37-35-18-8-7-16-33(35)34-17-9-10-19-36(34)39(37)26-31/h1-14,16-28,30H,15H2. The van der Waals surface area contributed by atoms with Gasteiger partial charge in [-0.05, 0) is 80.2 Å². The lowest BCUT2D eigenvalue weighted by molar-refractivity contribution is 0.669. The molecular formula is C46H30N2O. The summed E-state index contributed by atoms with van der Waals surface area (Å²) in [5.74, 6) is 0.907. The molecule has 0 radical (unpaired) electrons. The minimum Gasteiger partial charge on any atom is -0.456 e. The number of nitrogens with zero attached hydrogens (tertiary/aromatic N) is 2. The van der Waals surface area contributed by atoms with Crippen LogP contribution < -0.4 is 0 Å². The average molecular weight is 627 g/mol. The molecule has 0 saturated heterocycles. The predicted octanol–water partition coefficient (Wildman–Crippen LogP) is 12.4. The van der Waals surface area contributed by atoms with Gasteiger partial charge in [0.15, 0.2) is 5.82 Å². The maximum atomic E-state index is 6.47. The van der Waals surface area contributed by atoms with Gasteiger partial charge in [0.2, 0.25) is 0 Å². The highest BCUT2D eigenvalue weighted by Gasteiger charge is 2.20. The number of fused-ring (bicyclic) bond motifs is 9. The molecule has 0 bridgehead atoms. The number of hydrogen-bond acceptors (Lipinski definition) is 3. The van der Waals surface area contributed by atoms with E-state index in [9.17, 15) is 0 Å². The van der Waals surface area contributed by atoms with E-state index in [2.05, 4.69) is 146 Å². The van der Waals surface area contributed by atoms with Crippen molar-refractivity contribution >= 4 is 54.3 Å². The molecule has 2 heterocycles. The second-order valence-electron chi connectivity index (χ2n) is 12.9. The SMILES string of the molecule is C1=CCC(c2cc(-c3ccccc3)nc(-c3cccc4oc5ccc(-c6ccc7c8ccccc8c8ccccc8c7c6)cc5c34)n2)C=C1. The number of hydrogen-bond donors (Lipinski definition) is 0. The van der Waals surface area contributed by atoms with Crippen LogP contribution in [0.3, 0.4) is 0 Å². The van der Waals surface area contributed by atoms with Gasteiger partial charge >= 0.3 is 0 Å². The van der Waals surface area contributed by atoms with Crippen LogP contribution in [0.1, 0.15) is 18.0 Å². The van der Waals surface area contributed by atoms with Crippen LogP contribution in [-0.4, -0.2) is 9.97 Å². The number of rotatable bonds is 4. The average Bonchev–Trinajstić information content (AvgIpc) is 3.57. The fraction of sp³-hybridized carbons (Fsp3) is 0.0435. The van der Waals surface area contributed by atoms with Crippen molar-refractivity contribution in [1.82, 2.24) is 9.97 Å². The van der Waals surface area contributed by atoms with Gasteiger partial charge in [-0.3, -0.25) is 0 Å². The highest BCUT2D eigenvalue weighted by atomic mass is 16.3. The van der Waals surface area contributed by atoms with Crippen molar-refractivity contribution in [3.63, 3.8) is 0 Å². The van der Waals surface area contributed by atoms with E-state index < -0.39 is 0 Å². The first-order valence-electron chi connectivity index (χ1n) is 16.9. The molecule has 230 valence electrons. The van der Waals surface area contributed by atoms with Crippen molar-refractivity contribution in [3.8, 4) is 33.8 Å². The molecule has 2 aromatic heterocycles. The third kappa shape index (κ3) is 4.58. The smallest absolute Gasteiger partial charge is 0.160 e. The molecule has 0 saturated carbocycles. The summed E-state index contributed by atoms with van der Waals surface area (Å²) in [6, 6.07) is 49.6. The summed E-state index contributed by atoms with van der Waals surface area (Å²) in [5, 5.41) is 9.73. The van der Waals surface area contributed by atoms with Crippen molar-refractivity contribution in [2.75, 3.05) is 0 Å². The molecular weight excluding hydrogens is 597 g/mol. The molecule has 49 heavy (non-hydrogen) atoms. The van der Waals surface area contributed by atoms with Gasteiger partial charge in [0.1, 0.15) is 11.2 Å². The molecule has 0 N–H and O–H groups in total. The molecule has 1 aliphatic rings. The molecule has 1 unspecified atom stereocenters. The van der Waals surface area contributed by atoms with Gasteiger partial charge in [-0.15, -0.1) is 0 Å². The molecule has 9 aromatic rings. The van der Waals surface area contributed by atoms with E-state index in [4.69, 9.17) is 14.4 Å². The fourth-order valence-corrected chi connectivity index (χ4v) is 7.61. The zero-order chi connectivity index (χ0) is 32.3. The zero-order valence-electron chi connectivity index (χ0n) is 26.7. The molecule has 0 fully saturated rings. The summed E-state index contributed by atoms with van der Waals surface area (Å²) < 4.78 is 6.47. The minimum absolute atomic E-state index is 0.196. The fourth-order valence-electron chi connectivity index (χ4n) is 7.61. The van der Waals surface area contributed by atoms with Gasteiger partial charge in [0.25, 0.3) is 0 Å². The lowest BCUT2D eigenvalue weighted by Gasteiger charge is -2.15. The molecule has 3 nitrogen and oxygen atoms in total. The van der Waals surface area contributed by atoms with Crippen LogP contribution in [0.25, 0.3) is 88.0 Å². The Labute approximate surface area is 283 Å². The maximum absolute atomic E-state index is 6.47. The molecule has 1 atom stereocenters. The van der Waals surface area contributed by atoms with E-state index >= 15 is 0 Å². The summed E-state index contributed by atoms with van der Waals surface area (Å²) in [5.41, 5.74) is 7.98. The van der Waals surface area contributed by atoms with Crippen molar-refractivity contribution in [3.05, 3.63) is 170 Å². The lowest BCUT2D eigenvalue weighted by atomic mass is 9.92. The summed E-state index contributed by atoms with van der Waals surface area (Å²) in [7, 11) is 0. The predicted molar refractivity (Wildman–Crippen MR) is 204 cm³/mol. The first-order valence-corrected chi connectivity index (χ1v) is 16.9.